The molecule has 1 aromatic carbocycles. The SMILES string of the molecule is C[NH+](C)Cc1ccc(CNC(=S)NC2CC2)cc1. The van der Waals surface area contributed by atoms with Gasteiger partial charge in [0, 0.05) is 18.2 Å². The Morgan fingerprint density at radius 3 is 2.39 bits per heavy atom. The van der Waals surface area contributed by atoms with Gasteiger partial charge >= 0.3 is 0 Å². The van der Waals surface area contributed by atoms with Crippen molar-refractivity contribution >= 4 is 17.3 Å². The predicted molar refractivity (Wildman–Crippen MR) is 78.6 cm³/mol. The molecule has 4 heteroatoms. The standard InChI is InChI=1S/C14H21N3S/c1-17(2)10-12-5-3-11(4-6-12)9-15-14(18)16-13-7-8-13/h3-6,13H,7-10H2,1-2H3,(H2,15,16,18)/p+1. The van der Waals surface area contributed by atoms with Crippen molar-refractivity contribution in [3.05, 3.63) is 35.4 Å². The molecule has 0 atom stereocenters. The molecule has 0 aliphatic heterocycles. The fourth-order valence-corrected chi connectivity index (χ4v) is 2.07. The molecule has 3 nitrogen and oxygen atoms in total. The third-order valence-electron chi connectivity index (χ3n) is 2.95. The molecule has 0 heterocycles. The average molecular weight is 264 g/mol. The maximum Gasteiger partial charge on any atom is 0.166 e. The van der Waals surface area contributed by atoms with Gasteiger partial charge in [-0.15, -0.1) is 0 Å². The molecule has 1 saturated carbocycles. The molecule has 1 aromatic rings. The van der Waals surface area contributed by atoms with E-state index in [1.807, 2.05) is 0 Å². The monoisotopic (exact) mass is 264 g/mol. The maximum absolute atomic E-state index is 5.23. The second-order valence-corrected chi connectivity index (χ2v) is 5.71. The van der Waals surface area contributed by atoms with Crippen molar-refractivity contribution in [2.45, 2.75) is 32.0 Å². The summed E-state index contributed by atoms with van der Waals surface area (Å²) in [6.07, 6.45) is 2.51. The van der Waals surface area contributed by atoms with Crippen molar-refractivity contribution in [2.24, 2.45) is 0 Å². The fraction of sp³-hybridized carbons (Fsp3) is 0.500. The van der Waals surface area contributed by atoms with Crippen LogP contribution in [0.1, 0.15) is 24.0 Å². The van der Waals surface area contributed by atoms with Gasteiger partial charge in [0.25, 0.3) is 0 Å². The van der Waals surface area contributed by atoms with E-state index in [1.165, 1.54) is 28.9 Å². The molecule has 18 heavy (non-hydrogen) atoms. The quantitative estimate of drug-likeness (QED) is 0.675. The van der Waals surface area contributed by atoms with Gasteiger partial charge in [0.05, 0.1) is 14.1 Å². The summed E-state index contributed by atoms with van der Waals surface area (Å²) in [6.45, 7) is 1.86. The van der Waals surface area contributed by atoms with Crippen LogP contribution in [0, 0.1) is 0 Å². The van der Waals surface area contributed by atoms with Crippen molar-refractivity contribution in [2.75, 3.05) is 14.1 Å². The minimum atomic E-state index is 0.621. The second kappa shape index (κ2) is 6.16. The van der Waals surface area contributed by atoms with Crippen molar-refractivity contribution in [1.29, 1.82) is 0 Å². The van der Waals surface area contributed by atoms with Crippen molar-refractivity contribution in [3.8, 4) is 0 Å². The van der Waals surface area contributed by atoms with Gasteiger partial charge < -0.3 is 15.5 Å². The molecule has 0 unspecified atom stereocenters. The van der Waals surface area contributed by atoms with E-state index < -0.39 is 0 Å². The molecule has 3 N–H and O–H groups in total. The van der Waals surface area contributed by atoms with Gasteiger partial charge in [0.15, 0.2) is 5.11 Å². The average Bonchev–Trinajstić information content (AvgIpc) is 3.11. The zero-order valence-electron chi connectivity index (χ0n) is 11.1. The van der Waals surface area contributed by atoms with Gasteiger partial charge in [-0.3, -0.25) is 0 Å². The number of nitrogens with one attached hydrogen (secondary N) is 3. The molecule has 98 valence electrons. The molecular formula is C14H22N3S+. The molecule has 1 aliphatic rings. The van der Waals surface area contributed by atoms with Crippen LogP contribution >= 0.6 is 12.2 Å². The highest BCUT2D eigenvalue weighted by Crippen LogP contribution is 2.18. The summed E-state index contributed by atoms with van der Waals surface area (Å²) in [4.78, 5) is 1.44. The number of thiocarbonyl (C=S) groups is 1. The van der Waals surface area contributed by atoms with Crippen LogP contribution in [0.5, 0.6) is 0 Å². The smallest absolute Gasteiger partial charge is 0.166 e. The lowest BCUT2D eigenvalue weighted by atomic mass is 10.1. The van der Waals surface area contributed by atoms with E-state index in [4.69, 9.17) is 12.2 Å². The third kappa shape index (κ3) is 4.63. The van der Waals surface area contributed by atoms with Gasteiger partial charge in [-0.05, 0) is 30.6 Å². The first kappa shape index (κ1) is 13.3. The van der Waals surface area contributed by atoms with Crippen LogP contribution in [-0.2, 0) is 13.1 Å². The van der Waals surface area contributed by atoms with Crippen LogP contribution in [0.25, 0.3) is 0 Å². The zero-order valence-corrected chi connectivity index (χ0v) is 11.9. The number of hydrogen-bond donors (Lipinski definition) is 3. The Kier molecular flexibility index (Phi) is 4.55. The summed E-state index contributed by atoms with van der Waals surface area (Å²) in [6, 6.07) is 9.36. The van der Waals surface area contributed by atoms with Gasteiger partial charge in [-0.25, -0.2) is 0 Å². The molecule has 0 spiro atoms. The lowest BCUT2D eigenvalue weighted by Crippen LogP contribution is -3.04. The van der Waals surface area contributed by atoms with Crippen LogP contribution in [-0.4, -0.2) is 25.2 Å². The summed E-state index contributed by atoms with van der Waals surface area (Å²) in [5.41, 5.74) is 2.64. The number of hydrogen-bond acceptors (Lipinski definition) is 1. The molecule has 0 saturated heterocycles. The van der Waals surface area contributed by atoms with E-state index in [-0.39, 0.29) is 0 Å². The van der Waals surface area contributed by atoms with Crippen LogP contribution in [0.3, 0.4) is 0 Å². The first-order valence-corrected chi connectivity index (χ1v) is 6.95. The zero-order chi connectivity index (χ0) is 13.0. The van der Waals surface area contributed by atoms with Crippen molar-refractivity contribution in [1.82, 2.24) is 10.6 Å². The topological polar surface area (TPSA) is 28.5 Å². The molecule has 0 bridgehead atoms. The Hall–Kier alpha value is -1.13. The Balaban J connectivity index is 1.76. The summed E-state index contributed by atoms with van der Waals surface area (Å²) in [5.74, 6) is 0. The van der Waals surface area contributed by atoms with E-state index >= 15 is 0 Å². The van der Waals surface area contributed by atoms with Crippen LogP contribution in [0.15, 0.2) is 24.3 Å². The molecular weight excluding hydrogens is 242 g/mol. The fourth-order valence-electron chi connectivity index (χ4n) is 1.83. The summed E-state index contributed by atoms with van der Waals surface area (Å²) in [7, 11) is 4.33. The van der Waals surface area contributed by atoms with E-state index in [0.29, 0.717) is 6.04 Å². The minimum absolute atomic E-state index is 0.621. The van der Waals surface area contributed by atoms with Crippen LogP contribution in [0.2, 0.25) is 0 Å². The number of rotatable bonds is 5. The molecule has 1 fully saturated rings. The highest BCUT2D eigenvalue weighted by atomic mass is 32.1. The molecule has 1 aliphatic carbocycles. The first-order chi connectivity index (χ1) is 8.63. The normalized spacial score (nSPS) is 14.6. The Morgan fingerprint density at radius 2 is 1.83 bits per heavy atom. The number of benzene rings is 1. The van der Waals surface area contributed by atoms with Crippen LogP contribution < -0.4 is 15.5 Å². The van der Waals surface area contributed by atoms with Crippen LogP contribution in [0.4, 0.5) is 0 Å². The van der Waals surface area contributed by atoms with Gasteiger partial charge in [-0.1, -0.05) is 24.3 Å². The molecule has 0 aromatic heterocycles. The van der Waals surface area contributed by atoms with E-state index in [0.717, 1.165) is 18.2 Å². The van der Waals surface area contributed by atoms with E-state index in [1.54, 1.807) is 0 Å². The molecule has 0 amide bonds. The highest BCUT2D eigenvalue weighted by molar-refractivity contribution is 7.80. The summed E-state index contributed by atoms with van der Waals surface area (Å²) in [5, 5.41) is 7.30. The lowest BCUT2D eigenvalue weighted by molar-refractivity contribution is -0.872. The Bertz CT molecular complexity index is 396. The first-order valence-electron chi connectivity index (χ1n) is 6.54. The van der Waals surface area contributed by atoms with E-state index in [9.17, 15) is 0 Å². The second-order valence-electron chi connectivity index (χ2n) is 5.30. The van der Waals surface area contributed by atoms with E-state index in [2.05, 4.69) is 49.0 Å². The summed E-state index contributed by atoms with van der Waals surface area (Å²) < 4.78 is 0. The van der Waals surface area contributed by atoms with Crippen molar-refractivity contribution < 1.29 is 4.90 Å². The van der Waals surface area contributed by atoms with Crippen molar-refractivity contribution in [3.63, 3.8) is 0 Å². The third-order valence-corrected chi connectivity index (χ3v) is 3.21. The molecule has 0 radical (unpaired) electrons. The minimum Gasteiger partial charge on any atom is -0.360 e. The number of quaternary nitrogens is 1. The summed E-state index contributed by atoms with van der Waals surface area (Å²) >= 11 is 5.23. The maximum atomic E-state index is 5.23. The lowest BCUT2D eigenvalue weighted by Gasteiger charge is -2.10. The molecule has 2 rings (SSSR count). The highest BCUT2D eigenvalue weighted by Gasteiger charge is 2.21. The van der Waals surface area contributed by atoms with Gasteiger partial charge in [-0.2, -0.15) is 0 Å². The van der Waals surface area contributed by atoms with Gasteiger partial charge in [0.2, 0.25) is 0 Å². The van der Waals surface area contributed by atoms with Gasteiger partial charge in [0.1, 0.15) is 6.54 Å². The Morgan fingerprint density at radius 1 is 1.22 bits per heavy atom. The predicted octanol–water partition coefficient (Wildman–Crippen LogP) is 0.458. The largest absolute Gasteiger partial charge is 0.360 e. The Labute approximate surface area is 115 Å².